The molecule has 39 heavy (non-hydrogen) atoms. The van der Waals surface area contributed by atoms with Gasteiger partial charge in [-0.2, -0.15) is 18.3 Å². The third-order valence-electron chi connectivity index (χ3n) is 6.04. The molecule has 0 radical (unpaired) electrons. The third-order valence-corrected chi connectivity index (χ3v) is 6.04. The van der Waals surface area contributed by atoms with Crippen molar-refractivity contribution in [2.45, 2.75) is 19.3 Å². The van der Waals surface area contributed by atoms with Crippen LogP contribution in [0.2, 0.25) is 0 Å². The standard InChI is InChI=1S/C30H23F3N2O4/c31-30(32,33)26-11-5-10-25-28(26)34-35(17-20-6-2-1-3-7-20)29(25)22-12-14-23(15-13-22)38-18-21-8-4-9-24(16-21)39-19-27(36)37/h1-16H,17-19H2,(H,36,37). The Hall–Kier alpha value is -4.79. The fraction of sp³-hybridized carbons (Fsp3) is 0.133. The minimum atomic E-state index is -4.53. The van der Waals surface area contributed by atoms with Gasteiger partial charge in [0.05, 0.1) is 17.8 Å². The molecule has 0 saturated carbocycles. The number of alkyl halides is 3. The van der Waals surface area contributed by atoms with Gasteiger partial charge in [0, 0.05) is 10.9 Å². The van der Waals surface area contributed by atoms with E-state index in [1.165, 1.54) is 6.07 Å². The number of aromatic nitrogens is 2. The Kier molecular flexibility index (Phi) is 7.23. The van der Waals surface area contributed by atoms with E-state index in [1.807, 2.05) is 36.4 Å². The van der Waals surface area contributed by atoms with Gasteiger partial charge in [0.25, 0.3) is 0 Å². The normalized spacial score (nSPS) is 11.5. The second kappa shape index (κ2) is 10.9. The number of carboxylic acids is 1. The highest BCUT2D eigenvalue weighted by atomic mass is 19.4. The van der Waals surface area contributed by atoms with E-state index in [-0.39, 0.29) is 12.1 Å². The van der Waals surface area contributed by atoms with Crippen LogP contribution in [0, 0.1) is 0 Å². The van der Waals surface area contributed by atoms with Crippen molar-refractivity contribution < 1.29 is 32.5 Å². The SMILES string of the molecule is O=C(O)COc1cccc(COc2ccc(-c3c4cccc(C(F)(F)F)c4nn3Cc3ccccc3)cc2)c1. The Morgan fingerprint density at radius 3 is 2.26 bits per heavy atom. The van der Waals surface area contributed by atoms with Crippen LogP contribution >= 0.6 is 0 Å². The monoisotopic (exact) mass is 532 g/mol. The summed E-state index contributed by atoms with van der Waals surface area (Å²) in [6.07, 6.45) is -4.53. The van der Waals surface area contributed by atoms with Crippen LogP contribution in [0.4, 0.5) is 13.2 Å². The zero-order valence-corrected chi connectivity index (χ0v) is 20.6. The Balaban J connectivity index is 1.42. The molecule has 1 heterocycles. The minimum absolute atomic E-state index is 0.0961. The topological polar surface area (TPSA) is 73.6 Å². The summed E-state index contributed by atoms with van der Waals surface area (Å²) in [6, 6.07) is 27.5. The first kappa shape index (κ1) is 25.8. The van der Waals surface area contributed by atoms with E-state index in [4.69, 9.17) is 14.6 Å². The van der Waals surface area contributed by atoms with Crippen molar-refractivity contribution >= 4 is 16.9 Å². The predicted molar refractivity (Wildman–Crippen MR) is 140 cm³/mol. The number of carbonyl (C=O) groups is 1. The number of hydrogen-bond acceptors (Lipinski definition) is 4. The van der Waals surface area contributed by atoms with E-state index in [2.05, 4.69) is 5.10 Å². The van der Waals surface area contributed by atoms with Crippen molar-refractivity contribution in [3.63, 3.8) is 0 Å². The Labute approximate surface area is 221 Å². The minimum Gasteiger partial charge on any atom is -0.489 e. The highest BCUT2D eigenvalue weighted by molar-refractivity contribution is 5.95. The van der Waals surface area contributed by atoms with Crippen molar-refractivity contribution in [2.75, 3.05) is 6.61 Å². The van der Waals surface area contributed by atoms with Crippen molar-refractivity contribution in [1.82, 2.24) is 9.78 Å². The summed E-state index contributed by atoms with van der Waals surface area (Å²) in [4.78, 5) is 10.7. The molecule has 5 aromatic rings. The molecule has 9 heteroatoms. The first-order valence-corrected chi connectivity index (χ1v) is 12.1. The maximum Gasteiger partial charge on any atom is 0.418 e. The quantitative estimate of drug-likeness (QED) is 0.226. The maximum atomic E-state index is 13.8. The van der Waals surface area contributed by atoms with Crippen molar-refractivity contribution in [1.29, 1.82) is 0 Å². The Bertz CT molecular complexity index is 1600. The van der Waals surface area contributed by atoms with Gasteiger partial charge in [0.15, 0.2) is 6.61 Å². The van der Waals surface area contributed by atoms with E-state index in [9.17, 15) is 18.0 Å². The summed E-state index contributed by atoms with van der Waals surface area (Å²) in [7, 11) is 0. The van der Waals surface area contributed by atoms with E-state index in [0.717, 1.165) is 17.2 Å². The fourth-order valence-corrected chi connectivity index (χ4v) is 4.30. The molecular weight excluding hydrogens is 509 g/mol. The van der Waals surface area contributed by atoms with Crippen LogP contribution in [0.15, 0.2) is 97.1 Å². The number of aliphatic carboxylic acids is 1. The zero-order valence-electron chi connectivity index (χ0n) is 20.6. The molecule has 0 amide bonds. The van der Waals surface area contributed by atoms with E-state index in [1.54, 1.807) is 53.2 Å². The van der Waals surface area contributed by atoms with Gasteiger partial charge in [-0.3, -0.25) is 4.68 Å². The number of carboxylic acid groups (broad SMARTS) is 1. The van der Waals surface area contributed by atoms with Gasteiger partial charge >= 0.3 is 12.1 Å². The molecule has 0 aliphatic heterocycles. The smallest absolute Gasteiger partial charge is 0.418 e. The summed E-state index contributed by atoms with van der Waals surface area (Å²) < 4.78 is 54.0. The van der Waals surface area contributed by atoms with Crippen LogP contribution < -0.4 is 9.47 Å². The van der Waals surface area contributed by atoms with Gasteiger partial charge in [-0.05, 0) is 53.6 Å². The summed E-state index contributed by atoms with van der Waals surface area (Å²) in [5, 5.41) is 13.6. The molecule has 1 N–H and O–H groups in total. The highest BCUT2D eigenvalue weighted by Crippen LogP contribution is 2.38. The number of benzene rings is 4. The second-order valence-corrected chi connectivity index (χ2v) is 8.83. The molecule has 0 fully saturated rings. The molecule has 0 spiro atoms. The number of ether oxygens (including phenoxy) is 2. The van der Waals surface area contributed by atoms with Gasteiger partial charge in [-0.25, -0.2) is 4.79 Å². The number of fused-ring (bicyclic) bond motifs is 1. The average molecular weight is 533 g/mol. The molecule has 4 aromatic carbocycles. The summed E-state index contributed by atoms with van der Waals surface area (Å²) in [6.45, 7) is 0.0832. The first-order chi connectivity index (χ1) is 18.8. The van der Waals surface area contributed by atoms with Gasteiger partial charge in [-0.15, -0.1) is 0 Å². The molecule has 198 valence electrons. The van der Waals surface area contributed by atoms with Gasteiger partial charge in [-0.1, -0.05) is 54.6 Å². The largest absolute Gasteiger partial charge is 0.489 e. The van der Waals surface area contributed by atoms with Crippen LogP contribution in [0.5, 0.6) is 11.5 Å². The van der Waals surface area contributed by atoms with E-state index >= 15 is 0 Å². The summed E-state index contributed by atoms with van der Waals surface area (Å²) in [5.41, 5.74) is 2.10. The van der Waals surface area contributed by atoms with Crippen LogP contribution in [0.25, 0.3) is 22.2 Å². The lowest BCUT2D eigenvalue weighted by Gasteiger charge is -2.11. The van der Waals surface area contributed by atoms with Crippen LogP contribution in [0.1, 0.15) is 16.7 Å². The molecule has 6 nitrogen and oxygen atoms in total. The molecular formula is C30H23F3N2O4. The molecule has 5 rings (SSSR count). The van der Waals surface area contributed by atoms with Crippen LogP contribution in [-0.2, 0) is 24.1 Å². The van der Waals surface area contributed by atoms with Crippen LogP contribution in [-0.4, -0.2) is 27.5 Å². The predicted octanol–water partition coefficient (Wildman–Crippen LogP) is 6.81. The van der Waals surface area contributed by atoms with E-state index in [0.29, 0.717) is 34.7 Å². The van der Waals surface area contributed by atoms with Crippen molar-refractivity contribution in [3.05, 3.63) is 114 Å². The molecule has 0 bridgehead atoms. The number of nitrogens with zero attached hydrogens (tertiary/aromatic N) is 2. The lowest BCUT2D eigenvalue weighted by Crippen LogP contribution is -2.09. The van der Waals surface area contributed by atoms with Gasteiger partial charge in [0.2, 0.25) is 0 Å². The molecule has 0 atom stereocenters. The highest BCUT2D eigenvalue weighted by Gasteiger charge is 2.34. The molecule has 0 unspecified atom stereocenters. The summed E-state index contributed by atoms with van der Waals surface area (Å²) >= 11 is 0. The summed E-state index contributed by atoms with van der Waals surface area (Å²) in [5.74, 6) is -0.0834. The number of rotatable bonds is 9. The fourth-order valence-electron chi connectivity index (χ4n) is 4.30. The third kappa shape index (κ3) is 6.04. The van der Waals surface area contributed by atoms with Crippen molar-refractivity contribution in [2.24, 2.45) is 0 Å². The van der Waals surface area contributed by atoms with Crippen molar-refractivity contribution in [3.8, 4) is 22.8 Å². The first-order valence-electron chi connectivity index (χ1n) is 12.1. The maximum absolute atomic E-state index is 13.8. The van der Waals surface area contributed by atoms with E-state index < -0.39 is 24.3 Å². The molecule has 0 aliphatic rings. The zero-order chi connectivity index (χ0) is 27.4. The second-order valence-electron chi connectivity index (χ2n) is 8.83. The molecule has 1 aromatic heterocycles. The Morgan fingerprint density at radius 2 is 1.54 bits per heavy atom. The van der Waals surface area contributed by atoms with Gasteiger partial charge in [0.1, 0.15) is 23.6 Å². The number of halogens is 3. The average Bonchev–Trinajstić information content (AvgIpc) is 3.29. The molecule has 0 saturated heterocycles. The number of hydrogen-bond donors (Lipinski definition) is 1. The van der Waals surface area contributed by atoms with Gasteiger partial charge < -0.3 is 14.6 Å². The van der Waals surface area contributed by atoms with Crippen LogP contribution in [0.3, 0.4) is 0 Å². The lowest BCUT2D eigenvalue weighted by atomic mass is 10.0. The lowest BCUT2D eigenvalue weighted by molar-refractivity contribution is -0.139. The molecule has 0 aliphatic carbocycles. The Morgan fingerprint density at radius 1 is 0.821 bits per heavy atom.